The highest BCUT2D eigenvalue weighted by Crippen LogP contribution is 2.36. The Morgan fingerprint density at radius 3 is 2.69 bits per heavy atom. The van der Waals surface area contributed by atoms with Crippen molar-refractivity contribution in [3.63, 3.8) is 0 Å². The lowest BCUT2D eigenvalue weighted by Crippen LogP contribution is -2.46. The van der Waals surface area contributed by atoms with Gasteiger partial charge in [-0.2, -0.15) is 0 Å². The van der Waals surface area contributed by atoms with Crippen LogP contribution < -0.4 is 0 Å². The van der Waals surface area contributed by atoms with Gasteiger partial charge < -0.3 is 14.2 Å². The highest BCUT2D eigenvalue weighted by molar-refractivity contribution is 9.10. The van der Waals surface area contributed by atoms with Crippen molar-refractivity contribution in [3.05, 3.63) is 0 Å². The third-order valence-electron chi connectivity index (χ3n) is 2.27. The van der Waals surface area contributed by atoms with Gasteiger partial charge in [-0.15, -0.1) is 0 Å². The zero-order valence-electron chi connectivity index (χ0n) is 9.32. The molecule has 0 aromatic rings. The number of rotatable bonds is 5. The Kier molecular flexibility index (Phi) is 4.89. The fraction of sp³-hybridized carbons (Fsp3) is 0.800. The molecule has 0 bridgehead atoms. The van der Waals surface area contributed by atoms with Gasteiger partial charge in [-0.3, -0.25) is 4.79 Å². The summed E-state index contributed by atoms with van der Waals surface area (Å²) in [5.41, 5.74) is 0. The molecular weight excluding hydrogens is 280 g/mol. The predicted octanol–water partition coefficient (Wildman–Crippen LogP) is 1.04. The molecule has 16 heavy (non-hydrogen) atoms. The first-order valence-electron chi connectivity index (χ1n) is 5.20. The minimum atomic E-state index is -1.10. The van der Waals surface area contributed by atoms with E-state index in [2.05, 4.69) is 20.7 Å². The van der Waals surface area contributed by atoms with E-state index in [4.69, 9.17) is 9.47 Å². The molecule has 2 atom stereocenters. The van der Waals surface area contributed by atoms with Crippen LogP contribution in [0.15, 0.2) is 0 Å². The van der Waals surface area contributed by atoms with Gasteiger partial charge >= 0.3 is 5.97 Å². The molecule has 6 heteroatoms. The summed E-state index contributed by atoms with van der Waals surface area (Å²) in [7, 11) is 0. The summed E-state index contributed by atoms with van der Waals surface area (Å²) in [5.74, 6) is -1.50. The smallest absolute Gasteiger partial charge is 0.376 e. The normalized spacial score (nSPS) is 29.1. The average Bonchev–Trinajstić information content (AvgIpc) is 2.62. The van der Waals surface area contributed by atoms with Gasteiger partial charge in [0.25, 0.3) is 5.78 Å². The lowest BCUT2D eigenvalue weighted by atomic mass is 10.0. The molecule has 0 unspecified atom stereocenters. The van der Waals surface area contributed by atoms with Gasteiger partial charge in [0.1, 0.15) is 4.32 Å². The second-order valence-electron chi connectivity index (χ2n) is 3.32. The number of esters is 1. The van der Waals surface area contributed by atoms with Crippen LogP contribution in [0.1, 0.15) is 20.3 Å². The van der Waals surface area contributed by atoms with Crippen molar-refractivity contribution in [2.24, 2.45) is 0 Å². The largest absolute Gasteiger partial charge is 0.460 e. The van der Waals surface area contributed by atoms with Crippen LogP contribution in [0.4, 0.5) is 0 Å². The molecule has 0 aromatic carbocycles. The number of halogens is 1. The number of ether oxygens (including phenoxy) is 3. The minimum absolute atomic E-state index is 0.174. The predicted molar refractivity (Wildman–Crippen MR) is 59.3 cm³/mol. The Labute approximate surface area is 103 Å². The number of ketones is 1. The number of Topliss-reactive ketones (excluding diaryl/α,β-unsaturated/α-hetero) is 1. The van der Waals surface area contributed by atoms with Gasteiger partial charge in [0, 0.05) is 6.61 Å². The summed E-state index contributed by atoms with van der Waals surface area (Å²) >= 11 is 3.25. The summed E-state index contributed by atoms with van der Waals surface area (Å²) in [6, 6.07) is 0. The van der Waals surface area contributed by atoms with E-state index in [0.717, 1.165) is 0 Å². The maximum Gasteiger partial charge on any atom is 0.376 e. The zero-order chi connectivity index (χ0) is 12.2. The van der Waals surface area contributed by atoms with Crippen molar-refractivity contribution in [1.29, 1.82) is 0 Å². The lowest BCUT2D eigenvalue weighted by molar-refractivity contribution is -0.161. The van der Waals surface area contributed by atoms with Crippen LogP contribution in [0, 0.1) is 0 Å². The number of hydrogen-bond acceptors (Lipinski definition) is 5. The van der Waals surface area contributed by atoms with Crippen LogP contribution >= 0.6 is 15.9 Å². The van der Waals surface area contributed by atoms with Crippen LogP contribution in [0.2, 0.25) is 0 Å². The molecule has 1 rings (SSSR count). The zero-order valence-corrected chi connectivity index (χ0v) is 10.9. The summed E-state index contributed by atoms with van der Waals surface area (Å²) < 4.78 is 14.1. The van der Waals surface area contributed by atoms with E-state index < -0.39 is 22.4 Å². The number of carbonyl (C=O) groups is 2. The Morgan fingerprint density at radius 1 is 1.44 bits per heavy atom. The van der Waals surface area contributed by atoms with Crippen LogP contribution in [0.5, 0.6) is 0 Å². The Hall–Kier alpha value is -0.460. The van der Waals surface area contributed by atoms with Gasteiger partial charge in [0.15, 0.2) is 6.29 Å². The molecule has 1 saturated heterocycles. The van der Waals surface area contributed by atoms with E-state index in [1.54, 1.807) is 13.8 Å². The maximum absolute atomic E-state index is 11.9. The molecule has 0 saturated carbocycles. The van der Waals surface area contributed by atoms with E-state index in [1.165, 1.54) is 0 Å². The molecule has 0 spiro atoms. The number of alkyl halides is 1. The molecule has 0 radical (unpaired) electrons. The summed E-state index contributed by atoms with van der Waals surface area (Å²) in [6.07, 6.45) is -0.329. The average molecular weight is 295 g/mol. The maximum atomic E-state index is 11.9. The molecule has 1 aliphatic rings. The van der Waals surface area contributed by atoms with Crippen molar-refractivity contribution in [2.75, 3.05) is 19.8 Å². The van der Waals surface area contributed by atoms with Crippen LogP contribution in [-0.2, 0) is 23.8 Å². The number of hydrogen-bond donors (Lipinski definition) is 0. The standard InChI is InChI=1S/C10H15BrO5/c1-3-14-8(13)7(12)10(11)5-6-16-9(10)15-4-2/h9H,3-6H2,1-2H3/t9-,10+/m0/s1. The second kappa shape index (κ2) is 5.75. The minimum Gasteiger partial charge on any atom is -0.460 e. The Morgan fingerprint density at radius 2 is 2.12 bits per heavy atom. The van der Waals surface area contributed by atoms with E-state index >= 15 is 0 Å². The highest BCUT2D eigenvalue weighted by Gasteiger charge is 2.52. The second-order valence-corrected chi connectivity index (χ2v) is 4.74. The topological polar surface area (TPSA) is 61.8 Å². The van der Waals surface area contributed by atoms with Crippen molar-refractivity contribution < 1.29 is 23.8 Å². The van der Waals surface area contributed by atoms with E-state index in [1.807, 2.05) is 0 Å². The summed E-state index contributed by atoms with van der Waals surface area (Å²) in [5, 5.41) is 0. The fourth-order valence-corrected chi connectivity index (χ4v) is 2.07. The third kappa shape index (κ3) is 2.61. The summed E-state index contributed by atoms with van der Waals surface area (Å²) in [6.45, 7) is 4.41. The van der Waals surface area contributed by atoms with E-state index in [9.17, 15) is 9.59 Å². The SMILES string of the molecule is CCOC(=O)C(=O)[C@]1(Br)CCO[C@@H]1OCC. The molecule has 1 aliphatic heterocycles. The molecule has 0 amide bonds. The van der Waals surface area contributed by atoms with Gasteiger partial charge in [-0.25, -0.2) is 4.79 Å². The highest BCUT2D eigenvalue weighted by atomic mass is 79.9. The first-order valence-corrected chi connectivity index (χ1v) is 5.99. The molecule has 1 fully saturated rings. The van der Waals surface area contributed by atoms with Crippen LogP contribution in [0.25, 0.3) is 0 Å². The van der Waals surface area contributed by atoms with Crippen LogP contribution in [-0.4, -0.2) is 42.2 Å². The molecule has 1 heterocycles. The molecule has 0 aromatic heterocycles. The van der Waals surface area contributed by atoms with E-state index in [0.29, 0.717) is 19.6 Å². The van der Waals surface area contributed by atoms with E-state index in [-0.39, 0.29) is 6.61 Å². The first-order chi connectivity index (χ1) is 7.56. The quantitative estimate of drug-likeness (QED) is 0.431. The Bertz CT molecular complexity index is 280. The molecular formula is C10H15BrO5. The molecule has 0 aliphatic carbocycles. The third-order valence-corrected chi connectivity index (χ3v) is 3.40. The number of carbonyl (C=O) groups excluding carboxylic acids is 2. The van der Waals surface area contributed by atoms with Gasteiger partial charge in [-0.1, -0.05) is 15.9 Å². The lowest BCUT2D eigenvalue weighted by Gasteiger charge is -2.24. The molecule has 0 N–H and O–H groups in total. The van der Waals surface area contributed by atoms with Crippen molar-refractivity contribution in [2.45, 2.75) is 30.9 Å². The first kappa shape index (κ1) is 13.6. The van der Waals surface area contributed by atoms with Crippen molar-refractivity contribution in [1.82, 2.24) is 0 Å². The van der Waals surface area contributed by atoms with Gasteiger partial charge in [-0.05, 0) is 20.3 Å². The van der Waals surface area contributed by atoms with Crippen LogP contribution in [0.3, 0.4) is 0 Å². The molecule has 92 valence electrons. The Balaban J connectivity index is 2.74. The van der Waals surface area contributed by atoms with Gasteiger partial charge in [0.05, 0.1) is 13.2 Å². The van der Waals surface area contributed by atoms with Gasteiger partial charge in [0.2, 0.25) is 0 Å². The summed E-state index contributed by atoms with van der Waals surface area (Å²) in [4.78, 5) is 23.2. The van der Waals surface area contributed by atoms with Crippen molar-refractivity contribution in [3.8, 4) is 0 Å². The monoisotopic (exact) mass is 294 g/mol. The molecule has 5 nitrogen and oxygen atoms in total. The van der Waals surface area contributed by atoms with Crippen molar-refractivity contribution >= 4 is 27.7 Å². The fourth-order valence-electron chi connectivity index (χ4n) is 1.48.